The normalized spacial score (nSPS) is 12.6. The van der Waals surface area contributed by atoms with Crippen LogP contribution in [0.25, 0.3) is 0 Å². The fraction of sp³-hybridized carbons (Fsp3) is 0.923. The van der Waals surface area contributed by atoms with Gasteiger partial charge in [-0.25, -0.2) is 0 Å². The van der Waals surface area contributed by atoms with Crippen molar-refractivity contribution in [3.63, 3.8) is 0 Å². The van der Waals surface area contributed by atoms with E-state index < -0.39 is 12.1 Å². The fourth-order valence-corrected chi connectivity index (χ4v) is 12.3. The van der Waals surface area contributed by atoms with E-state index in [1.807, 2.05) is 0 Å². The smallest absolute Gasteiger partial charge is 0.305 e. The van der Waals surface area contributed by atoms with Gasteiger partial charge < -0.3 is 20.3 Å². The molecule has 0 saturated heterocycles. The standard InChI is InChI=1S/C78H151NO5/c1-3-5-7-9-11-13-15-17-19-21-38-42-46-50-54-58-62-66-70-76(81)75(74-80)79-77(82)71-67-63-59-55-51-47-43-39-36-34-32-30-28-26-24-23-25-27-29-31-33-35-37-41-45-49-53-57-61-65-69-73-84-78(83)72-68-64-60-56-52-48-44-40-22-20-18-16-14-12-10-8-6-4-2/h20,22,25,27,75-76,80-81H,3-19,21,23-24,26,28-74H2,1-2H3,(H,79,82)/b22-20-,27-25-. The van der Waals surface area contributed by atoms with E-state index >= 15 is 0 Å². The first-order valence-electron chi connectivity index (χ1n) is 38.6. The van der Waals surface area contributed by atoms with Gasteiger partial charge in [-0.15, -0.1) is 0 Å². The summed E-state index contributed by atoms with van der Waals surface area (Å²) in [7, 11) is 0. The van der Waals surface area contributed by atoms with Gasteiger partial charge in [0.25, 0.3) is 0 Å². The predicted octanol–water partition coefficient (Wildman–Crippen LogP) is 25.3. The highest BCUT2D eigenvalue weighted by atomic mass is 16.5. The Bertz CT molecular complexity index is 1320. The molecular formula is C78H151NO5. The first-order chi connectivity index (χ1) is 41.5. The molecule has 0 rings (SSSR count). The van der Waals surface area contributed by atoms with E-state index in [1.165, 1.54) is 360 Å². The van der Waals surface area contributed by atoms with Gasteiger partial charge in [0.05, 0.1) is 25.4 Å². The maximum absolute atomic E-state index is 12.5. The lowest BCUT2D eigenvalue weighted by Gasteiger charge is -2.22. The summed E-state index contributed by atoms with van der Waals surface area (Å²) in [6.45, 7) is 5.00. The number of unbranched alkanes of at least 4 members (excludes halogenated alkanes) is 58. The second kappa shape index (κ2) is 73.8. The van der Waals surface area contributed by atoms with Crippen LogP contribution in [0.3, 0.4) is 0 Å². The zero-order valence-electron chi connectivity index (χ0n) is 57.2. The van der Waals surface area contributed by atoms with Gasteiger partial charge in [-0.05, 0) is 77.0 Å². The number of hydrogen-bond donors (Lipinski definition) is 3. The molecule has 0 fully saturated rings. The highest BCUT2D eigenvalue weighted by molar-refractivity contribution is 5.76. The molecular weight excluding hydrogens is 1030 g/mol. The third kappa shape index (κ3) is 69.4. The van der Waals surface area contributed by atoms with Crippen LogP contribution in [-0.2, 0) is 14.3 Å². The van der Waals surface area contributed by atoms with Gasteiger partial charge in [-0.3, -0.25) is 9.59 Å². The quantitative estimate of drug-likeness (QED) is 0.0320. The van der Waals surface area contributed by atoms with Gasteiger partial charge in [-0.1, -0.05) is 372 Å². The van der Waals surface area contributed by atoms with Crippen LogP contribution in [-0.4, -0.2) is 47.4 Å². The second-order valence-corrected chi connectivity index (χ2v) is 26.7. The van der Waals surface area contributed by atoms with Crippen molar-refractivity contribution < 1.29 is 24.5 Å². The molecule has 0 aliphatic heterocycles. The number of nitrogens with one attached hydrogen (secondary N) is 1. The Morgan fingerprint density at radius 2 is 0.560 bits per heavy atom. The first kappa shape index (κ1) is 82.3. The van der Waals surface area contributed by atoms with Crippen molar-refractivity contribution >= 4 is 11.9 Å². The lowest BCUT2D eigenvalue weighted by Crippen LogP contribution is -2.45. The van der Waals surface area contributed by atoms with Crippen molar-refractivity contribution in [2.75, 3.05) is 13.2 Å². The molecule has 0 spiro atoms. The molecule has 6 nitrogen and oxygen atoms in total. The molecule has 0 saturated carbocycles. The number of esters is 1. The molecule has 0 aromatic heterocycles. The predicted molar refractivity (Wildman–Crippen MR) is 370 cm³/mol. The molecule has 2 unspecified atom stereocenters. The number of allylic oxidation sites excluding steroid dienone is 4. The van der Waals surface area contributed by atoms with Gasteiger partial charge >= 0.3 is 5.97 Å². The van der Waals surface area contributed by atoms with Crippen LogP contribution in [0.15, 0.2) is 24.3 Å². The third-order valence-electron chi connectivity index (χ3n) is 18.2. The SMILES string of the molecule is CCCCCCCCC/C=C\CCCCCCCCCC(=O)OCCCCCCCCCCCCCC/C=C\CCCCCCCCCCCCCCCCCC(=O)NC(CO)C(O)CCCCCCCCCCCCCCCCCCCC. The van der Waals surface area contributed by atoms with Crippen molar-refractivity contribution in [3.05, 3.63) is 24.3 Å². The molecule has 0 heterocycles. The maximum atomic E-state index is 12.5. The highest BCUT2D eigenvalue weighted by Crippen LogP contribution is 2.19. The minimum absolute atomic E-state index is 0.0158. The number of carbonyl (C=O) groups is 2. The zero-order valence-corrected chi connectivity index (χ0v) is 57.2. The van der Waals surface area contributed by atoms with Crippen molar-refractivity contribution in [3.8, 4) is 0 Å². The number of amides is 1. The number of aliphatic hydroxyl groups is 2. The van der Waals surface area contributed by atoms with Crippen LogP contribution in [0.5, 0.6) is 0 Å². The number of aliphatic hydroxyl groups excluding tert-OH is 2. The van der Waals surface area contributed by atoms with E-state index in [-0.39, 0.29) is 18.5 Å². The third-order valence-corrected chi connectivity index (χ3v) is 18.2. The average Bonchev–Trinajstić information content (AvgIpc) is 3.52. The molecule has 498 valence electrons. The van der Waals surface area contributed by atoms with Gasteiger partial charge in [0.2, 0.25) is 5.91 Å². The number of rotatable bonds is 73. The molecule has 84 heavy (non-hydrogen) atoms. The van der Waals surface area contributed by atoms with Crippen molar-refractivity contribution in [1.82, 2.24) is 5.32 Å². The highest BCUT2D eigenvalue weighted by Gasteiger charge is 2.20. The largest absolute Gasteiger partial charge is 0.466 e. The van der Waals surface area contributed by atoms with E-state index in [2.05, 4.69) is 43.5 Å². The Balaban J connectivity index is 3.35. The molecule has 0 aliphatic carbocycles. The summed E-state index contributed by atoms with van der Waals surface area (Å²) >= 11 is 0. The van der Waals surface area contributed by atoms with E-state index in [0.717, 1.165) is 44.9 Å². The summed E-state index contributed by atoms with van der Waals surface area (Å²) in [5.41, 5.74) is 0. The Labute approximate surface area is 526 Å². The number of carbonyl (C=O) groups excluding carboxylic acids is 2. The summed E-state index contributed by atoms with van der Waals surface area (Å²) in [5.74, 6) is -0.0128. The minimum Gasteiger partial charge on any atom is -0.466 e. The van der Waals surface area contributed by atoms with Crippen LogP contribution in [0, 0.1) is 0 Å². The summed E-state index contributed by atoms with van der Waals surface area (Å²) in [6, 6.07) is -0.540. The van der Waals surface area contributed by atoms with Crippen LogP contribution >= 0.6 is 0 Å². The van der Waals surface area contributed by atoms with Crippen molar-refractivity contribution in [2.45, 2.75) is 450 Å². The first-order valence-corrected chi connectivity index (χ1v) is 38.6. The molecule has 6 heteroatoms. The van der Waals surface area contributed by atoms with Gasteiger partial charge in [0, 0.05) is 12.8 Å². The Kier molecular flexibility index (Phi) is 72.3. The van der Waals surface area contributed by atoms with Gasteiger partial charge in [-0.2, -0.15) is 0 Å². The van der Waals surface area contributed by atoms with Crippen molar-refractivity contribution in [2.24, 2.45) is 0 Å². The summed E-state index contributed by atoms with van der Waals surface area (Å²) in [6.07, 6.45) is 94.0. The van der Waals surface area contributed by atoms with E-state index in [1.54, 1.807) is 0 Å². The Morgan fingerprint density at radius 3 is 0.845 bits per heavy atom. The van der Waals surface area contributed by atoms with E-state index in [4.69, 9.17) is 4.74 Å². The van der Waals surface area contributed by atoms with Crippen LogP contribution < -0.4 is 5.32 Å². The molecule has 2 atom stereocenters. The maximum Gasteiger partial charge on any atom is 0.305 e. The lowest BCUT2D eigenvalue weighted by molar-refractivity contribution is -0.143. The lowest BCUT2D eigenvalue weighted by atomic mass is 10.0. The van der Waals surface area contributed by atoms with Gasteiger partial charge in [0.15, 0.2) is 0 Å². The fourth-order valence-electron chi connectivity index (χ4n) is 12.3. The zero-order chi connectivity index (χ0) is 60.6. The molecule has 1 amide bonds. The molecule has 3 N–H and O–H groups in total. The average molecular weight is 1180 g/mol. The Morgan fingerprint density at radius 1 is 0.321 bits per heavy atom. The van der Waals surface area contributed by atoms with E-state index in [0.29, 0.717) is 25.9 Å². The van der Waals surface area contributed by atoms with E-state index in [9.17, 15) is 19.8 Å². The molecule has 0 aromatic carbocycles. The van der Waals surface area contributed by atoms with Crippen LogP contribution in [0.4, 0.5) is 0 Å². The minimum atomic E-state index is -0.663. The summed E-state index contributed by atoms with van der Waals surface area (Å²) < 4.78 is 5.51. The summed E-state index contributed by atoms with van der Waals surface area (Å²) in [4.78, 5) is 24.7. The van der Waals surface area contributed by atoms with Crippen LogP contribution in [0.1, 0.15) is 438 Å². The molecule has 0 radical (unpaired) electrons. The summed E-state index contributed by atoms with van der Waals surface area (Å²) in [5, 5.41) is 23.4. The topological polar surface area (TPSA) is 95.9 Å². The Hall–Kier alpha value is -1.66. The molecule has 0 aliphatic rings. The molecule has 0 aromatic rings. The van der Waals surface area contributed by atoms with Crippen molar-refractivity contribution in [1.29, 1.82) is 0 Å². The molecule has 0 bridgehead atoms. The monoisotopic (exact) mass is 1180 g/mol. The number of hydrogen-bond acceptors (Lipinski definition) is 5. The van der Waals surface area contributed by atoms with Crippen LogP contribution in [0.2, 0.25) is 0 Å². The van der Waals surface area contributed by atoms with Gasteiger partial charge in [0.1, 0.15) is 0 Å². The second-order valence-electron chi connectivity index (χ2n) is 26.7. The number of ether oxygens (including phenoxy) is 1.